The predicted molar refractivity (Wildman–Crippen MR) is 77.9 cm³/mol. The Labute approximate surface area is 123 Å². The second-order valence-corrected chi connectivity index (χ2v) is 6.03. The summed E-state index contributed by atoms with van der Waals surface area (Å²) >= 11 is 0. The van der Waals surface area contributed by atoms with E-state index < -0.39 is 10.0 Å². The lowest BCUT2D eigenvalue weighted by molar-refractivity contribution is 0.146. The third-order valence-corrected chi connectivity index (χ3v) is 4.12. The maximum atomic E-state index is 12.2. The number of hydrogen-bond donors (Lipinski definition) is 2. The SMILES string of the molecule is COCCOc1ccc(S(=O)(=O)Nc2[nH]ncc2C)cc1. The molecule has 0 aliphatic carbocycles. The first kappa shape index (κ1) is 15.3. The quantitative estimate of drug-likeness (QED) is 0.757. The Morgan fingerprint density at radius 1 is 1.24 bits per heavy atom. The summed E-state index contributed by atoms with van der Waals surface area (Å²) in [5, 5.41) is 6.37. The maximum Gasteiger partial charge on any atom is 0.263 e. The molecule has 21 heavy (non-hydrogen) atoms. The standard InChI is InChI=1S/C13H17N3O4S/c1-10-9-14-15-13(10)16-21(17,18)12-5-3-11(4-6-12)20-8-7-19-2/h3-6,9H,7-8H2,1-2H3,(H2,14,15,16). The van der Waals surface area contributed by atoms with Gasteiger partial charge in [0, 0.05) is 12.7 Å². The van der Waals surface area contributed by atoms with E-state index in [2.05, 4.69) is 14.9 Å². The van der Waals surface area contributed by atoms with Gasteiger partial charge in [0.2, 0.25) is 0 Å². The molecule has 2 N–H and O–H groups in total. The summed E-state index contributed by atoms with van der Waals surface area (Å²) in [7, 11) is -2.06. The molecule has 114 valence electrons. The van der Waals surface area contributed by atoms with Crippen LogP contribution >= 0.6 is 0 Å². The summed E-state index contributed by atoms with van der Waals surface area (Å²) in [6.45, 7) is 2.64. The molecule has 2 aromatic rings. The number of rotatable bonds is 7. The van der Waals surface area contributed by atoms with Crippen LogP contribution in [0.2, 0.25) is 0 Å². The number of ether oxygens (including phenoxy) is 2. The fraction of sp³-hybridized carbons (Fsp3) is 0.308. The van der Waals surface area contributed by atoms with E-state index in [1.807, 2.05) is 0 Å². The van der Waals surface area contributed by atoms with Gasteiger partial charge >= 0.3 is 0 Å². The number of methoxy groups -OCH3 is 1. The predicted octanol–water partition coefficient (Wildman–Crippen LogP) is 1.54. The number of aromatic amines is 1. The maximum absolute atomic E-state index is 12.2. The highest BCUT2D eigenvalue weighted by Crippen LogP contribution is 2.19. The highest BCUT2D eigenvalue weighted by atomic mass is 32.2. The second kappa shape index (κ2) is 6.59. The number of nitrogens with one attached hydrogen (secondary N) is 2. The van der Waals surface area contributed by atoms with E-state index in [9.17, 15) is 8.42 Å². The highest BCUT2D eigenvalue weighted by Gasteiger charge is 2.16. The molecule has 0 aliphatic heterocycles. The van der Waals surface area contributed by atoms with E-state index in [0.29, 0.717) is 24.8 Å². The Morgan fingerprint density at radius 3 is 2.52 bits per heavy atom. The number of hydrogen-bond acceptors (Lipinski definition) is 5. The first-order valence-electron chi connectivity index (χ1n) is 6.27. The van der Waals surface area contributed by atoms with Crippen molar-refractivity contribution in [1.29, 1.82) is 0 Å². The Kier molecular flexibility index (Phi) is 4.81. The molecule has 2 rings (SSSR count). The number of sulfonamides is 1. The molecule has 0 amide bonds. The fourth-order valence-corrected chi connectivity index (χ4v) is 2.69. The van der Waals surface area contributed by atoms with Crippen LogP contribution in [0.4, 0.5) is 5.82 Å². The Morgan fingerprint density at radius 2 is 1.95 bits per heavy atom. The van der Waals surface area contributed by atoms with Crippen molar-refractivity contribution in [2.45, 2.75) is 11.8 Å². The van der Waals surface area contributed by atoms with Crippen molar-refractivity contribution >= 4 is 15.8 Å². The van der Waals surface area contributed by atoms with Crippen LogP contribution in [-0.4, -0.2) is 38.9 Å². The molecule has 0 spiro atoms. The Balaban J connectivity index is 2.08. The molecule has 0 saturated carbocycles. The smallest absolute Gasteiger partial charge is 0.263 e. The highest BCUT2D eigenvalue weighted by molar-refractivity contribution is 7.92. The zero-order valence-corrected chi connectivity index (χ0v) is 12.6. The molecule has 0 bridgehead atoms. The van der Waals surface area contributed by atoms with Gasteiger partial charge in [0.1, 0.15) is 18.2 Å². The lowest BCUT2D eigenvalue weighted by Crippen LogP contribution is -2.14. The van der Waals surface area contributed by atoms with Crippen LogP contribution in [0.1, 0.15) is 5.56 Å². The third-order valence-electron chi connectivity index (χ3n) is 2.76. The number of nitrogens with zero attached hydrogens (tertiary/aromatic N) is 1. The van der Waals surface area contributed by atoms with Gasteiger partial charge in [-0.1, -0.05) is 0 Å². The molecule has 7 nitrogen and oxygen atoms in total. The lowest BCUT2D eigenvalue weighted by Gasteiger charge is -2.09. The molecule has 8 heteroatoms. The molecule has 0 atom stereocenters. The molecule has 0 saturated heterocycles. The molecular formula is C13H17N3O4S. The van der Waals surface area contributed by atoms with Crippen molar-refractivity contribution in [3.63, 3.8) is 0 Å². The minimum Gasteiger partial charge on any atom is -0.491 e. The average Bonchev–Trinajstić information content (AvgIpc) is 2.84. The van der Waals surface area contributed by atoms with Gasteiger partial charge in [-0.25, -0.2) is 8.42 Å². The summed E-state index contributed by atoms with van der Waals surface area (Å²) in [6.07, 6.45) is 1.55. The van der Waals surface area contributed by atoms with Gasteiger partial charge in [0.25, 0.3) is 10.0 Å². The molecular weight excluding hydrogens is 294 g/mol. The molecule has 0 fully saturated rings. The zero-order valence-electron chi connectivity index (χ0n) is 11.8. The van der Waals surface area contributed by atoms with Crippen LogP contribution in [0, 0.1) is 6.92 Å². The van der Waals surface area contributed by atoms with Crippen LogP contribution in [-0.2, 0) is 14.8 Å². The number of benzene rings is 1. The summed E-state index contributed by atoms with van der Waals surface area (Å²) in [5.41, 5.74) is 0.720. The Bertz CT molecular complexity index is 680. The van der Waals surface area contributed by atoms with E-state index in [1.54, 1.807) is 32.4 Å². The van der Waals surface area contributed by atoms with E-state index in [-0.39, 0.29) is 4.90 Å². The van der Waals surface area contributed by atoms with Gasteiger partial charge in [0.15, 0.2) is 0 Å². The van der Waals surface area contributed by atoms with Crippen LogP contribution in [0.3, 0.4) is 0 Å². The van der Waals surface area contributed by atoms with Crippen LogP contribution in [0.15, 0.2) is 35.4 Å². The van der Waals surface area contributed by atoms with E-state index in [0.717, 1.165) is 5.56 Å². The van der Waals surface area contributed by atoms with E-state index in [4.69, 9.17) is 9.47 Å². The number of H-pyrrole nitrogens is 1. The lowest BCUT2D eigenvalue weighted by atomic mass is 10.3. The number of aryl methyl sites for hydroxylation is 1. The van der Waals surface area contributed by atoms with Gasteiger partial charge in [0.05, 0.1) is 17.7 Å². The molecule has 1 heterocycles. The van der Waals surface area contributed by atoms with Crippen molar-refractivity contribution < 1.29 is 17.9 Å². The topological polar surface area (TPSA) is 93.3 Å². The van der Waals surface area contributed by atoms with Gasteiger partial charge in [-0.3, -0.25) is 9.82 Å². The van der Waals surface area contributed by atoms with Crippen molar-refractivity contribution in [3.05, 3.63) is 36.0 Å². The van der Waals surface area contributed by atoms with E-state index >= 15 is 0 Å². The van der Waals surface area contributed by atoms with Crippen LogP contribution < -0.4 is 9.46 Å². The summed E-state index contributed by atoms with van der Waals surface area (Å²) in [5.74, 6) is 0.944. The van der Waals surface area contributed by atoms with Gasteiger partial charge in [-0.05, 0) is 31.2 Å². The van der Waals surface area contributed by atoms with Gasteiger partial charge < -0.3 is 9.47 Å². The average molecular weight is 311 g/mol. The number of aromatic nitrogens is 2. The molecule has 0 unspecified atom stereocenters. The monoisotopic (exact) mass is 311 g/mol. The normalized spacial score (nSPS) is 11.3. The molecule has 1 aromatic heterocycles. The number of anilines is 1. The second-order valence-electron chi connectivity index (χ2n) is 4.35. The van der Waals surface area contributed by atoms with E-state index in [1.165, 1.54) is 12.1 Å². The van der Waals surface area contributed by atoms with Crippen molar-refractivity contribution in [3.8, 4) is 5.75 Å². The summed E-state index contributed by atoms with van der Waals surface area (Å²) < 4.78 is 37.1. The minimum atomic E-state index is -3.65. The molecule has 0 aliphatic rings. The third kappa shape index (κ3) is 3.96. The van der Waals surface area contributed by atoms with Crippen molar-refractivity contribution in [2.24, 2.45) is 0 Å². The Hall–Kier alpha value is -2.06. The van der Waals surface area contributed by atoms with Crippen molar-refractivity contribution in [2.75, 3.05) is 25.0 Å². The minimum absolute atomic E-state index is 0.149. The first-order chi connectivity index (χ1) is 10.0. The fourth-order valence-electron chi connectivity index (χ4n) is 1.60. The first-order valence-corrected chi connectivity index (χ1v) is 7.76. The van der Waals surface area contributed by atoms with Crippen LogP contribution in [0.25, 0.3) is 0 Å². The zero-order chi connectivity index (χ0) is 15.3. The van der Waals surface area contributed by atoms with Gasteiger partial charge in [-0.2, -0.15) is 5.10 Å². The largest absolute Gasteiger partial charge is 0.491 e. The summed E-state index contributed by atoms with van der Waals surface area (Å²) in [4.78, 5) is 0.149. The summed E-state index contributed by atoms with van der Waals surface area (Å²) in [6, 6.07) is 6.17. The van der Waals surface area contributed by atoms with Crippen molar-refractivity contribution in [1.82, 2.24) is 10.2 Å². The molecule has 0 radical (unpaired) electrons. The molecule has 1 aromatic carbocycles. The van der Waals surface area contributed by atoms with Gasteiger partial charge in [-0.15, -0.1) is 0 Å². The van der Waals surface area contributed by atoms with Crippen LogP contribution in [0.5, 0.6) is 5.75 Å².